The number of fused-ring (bicyclic) bond motifs is 1. The van der Waals surface area contributed by atoms with Crippen LogP contribution in [0.4, 0.5) is 13.2 Å². The highest BCUT2D eigenvalue weighted by atomic mass is 19.4. The third kappa shape index (κ3) is 4.48. The maximum atomic E-state index is 12.3. The van der Waals surface area contributed by atoms with Crippen molar-refractivity contribution >= 4 is 11.6 Å². The maximum absolute atomic E-state index is 12.3. The molecule has 0 fully saturated rings. The van der Waals surface area contributed by atoms with Crippen LogP contribution in [0.15, 0.2) is 73.3 Å². The van der Waals surface area contributed by atoms with Crippen molar-refractivity contribution in [3.63, 3.8) is 0 Å². The van der Waals surface area contributed by atoms with Crippen molar-refractivity contribution in [2.45, 2.75) is 12.6 Å². The molecule has 1 amide bonds. The highest BCUT2D eigenvalue weighted by Crippen LogP contribution is 2.25. The minimum absolute atomic E-state index is 0.132. The summed E-state index contributed by atoms with van der Waals surface area (Å²) in [5.74, 6) is -0.676. The number of alkyl halides is 3. The van der Waals surface area contributed by atoms with E-state index >= 15 is 0 Å². The fourth-order valence-electron chi connectivity index (χ4n) is 3.21. The number of halogens is 3. The van der Waals surface area contributed by atoms with Crippen molar-refractivity contribution < 1.29 is 18.0 Å². The molecule has 0 saturated carbocycles. The summed E-state index contributed by atoms with van der Waals surface area (Å²) in [4.78, 5) is 20.3. The molecule has 0 aliphatic heterocycles. The van der Waals surface area contributed by atoms with Crippen LogP contribution in [0.5, 0.6) is 0 Å². The Morgan fingerprint density at radius 1 is 1.00 bits per heavy atom. The van der Waals surface area contributed by atoms with Crippen molar-refractivity contribution in [2.24, 2.45) is 0 Å². The first-order valence-electron chi connectivity index (χ1n) is 9.19. The lowest BCUT2D eigenvalue weighted by atomic mass is 10.1. The Bertz CT molecular complexity index is 1190. The standard InChI is InChI=1S/C22H17F3N4O/c23-22(24,25)14-28-21(30)11-15-2-1-3-18(10-15)19-13-27-20-12-17(6-9-29(19)20)16-4-7-26-8-5-16/h1-10,12-13H,11,14H2,(H,28,30). The van der Waals surface area contributed by atoms with E-state index in [1.165, 1.54) is 0 Å². The number of nitrogens with zero attached hydrogens (tertiary/aromatic N) is 3. The predicted molar refractivity (Wildman–Crippen MR) is 107 cm³/mol. The van der Waals surface area contributed by atoms with Gasteiger partial charge in [0.1, 0.15) is 12.2 Å². The molecule has 1 aromatic carbocycles. The maximum Gasteiger partial charge on any atom is 0.405 e. The molecule has 0 aliphatic rings. The van der Waals surface area contributed by atoms with Crippen LogP contribution in [-0.2, 0) is 11.2 Å². The van der Waals surface area contributed by atoms with E-state index in [-0.39, 0.29) is 6.42 Å². The Kier molecular flexibility index (Phi) is 5.22. The SMILES string of the molecule is O=C(Cc1cccc(-c2cnc3cc(-c4ccncc4)ccn23)c1)NCC(F)(F)F. The van der Waals surface area contributed by atoms with Gasteiger partial charge in [-0.05, 0) is 47.0 Å². The first-order chi connectivity index (χ1) is 14.4. The van der Waals surface area contributed by atoms with Gasteiger partial charge < -0.3 is 5.32 Å². The van der Waals surface area contributed by atoms with Gasteiger partial charge in [0.15, 0.2) is 0 Å². The molecule has 3 aromatic heterocycles. The van der Waals surface area contributed by atoms with E-state index in [1.54, 1.807) is 36.8 Å². The number of nitrogens with one attached hydrogen (secondary N) is 1. The second-order valence-corrected chi connectivity index (χ2v) is 6.79. The molecule has 8 heteroatoms. The molecule has 0 radical (unpaired) electrons. The van der Waals surface area contributed by atoms with Crippen molar-refractivity contribution in [1.29, 1.82) is 0 Å². The minimum atomic E-state index is -4.43. The number of benzene rings is 1. The first-order valence-corrected chi connectivity index (χ1v) is 9.19. The number of amides is 1. The average molecular weight is 410 g/mol. The molecule has 0 spiro atoms. The van der Waals surface area contributed by atoms with Crippen molar-refractivity contribution in [3.05, 3.63) is 78.9 Å². The number of pyridine rings is 2. The molecule has 0 unspecified atom stereocenters. The number of hydrogen-bond donors (Lipinski definition) is 1. The minimum Gasteiger partial charge on any atom is -0.347 e. The summed E-state index contributed by atoms with van der Waals surface area (Å²) in [5.41, 5.74) is 5.06. The zero-order chi connectivity index (χ0) is 21.1. The number of carbonyl (C=O) groups excluding carboxylic acids is 1. The third-order valence-corrected chi connectivity index (χ3v) is 4.60. The van der Waals surface area contributed by atoms with E-state index < -0.39 is 18.6 Å². The summed E-state index contributed by atoms with van der Waals surface area (Å²) >= 11 is 0. The molecule has 0 bridgehead atoms. The first kappa shape index (κ1) is 19.6. The molecule has 4 aromatic rings. The summed E-state index contributed by atoms with van der Waals surface area (Å²) in [5, 5.41) is 1.89. The summed E-state index contributed by atoms with van der Waals surface area (Å²) in [6, 6.07) is 14.9. The summed E-state index contributed by atoms with van der Waals surface area (Å²) in [6.07, 6.45) is 2.54. The van der Waals surface area contributed by atoms with E-state index in [2.05, 4.69) is 9.97 Å². The van der Waals surface area contributed by atoms with E-state index in [0.29, 0.717) is 5.56 Å². The van der Waals surface area contributed by atoms with E-state index in [4.69, 9.17) is 0 Å². The number of rotatable bonds is 5. The van der Waals surface area contributed by atoms with Crippen LogP contribution in [-0.4, -0.2) is 33.0 Å². The van der Waals surface area contributed by atoms with Crippen LogP contribution in [0.25, 0.3) is 28.0 Å². The molecule has 0 aliphatic carbocycles. The van der Waals surface area contributed by atoms with Crippen LogP contribution < -0.4 is 5.32 Å². The van der Waals surface area contributed by atoms with Crippen LogP contribution >= 0.6 is 0 Å². The van der Waals surface area contributed by atoms with Crippen molar-refractivity contribution in [2.75, 3.05) is 6.54 Å². The van der Waals surface area contributed by atoms with Gasteiger partial charge in [-0.15, -0.1) is 0 Å². The van der Waals surface area contributed by atoms with Gasteiger partial charge in [0, 0.05) is 24.2 Å². The highest BCUT2D eigenvalue weighted by Gasteiger charge is 2.27. The Hall–Kier alpha value is -3.68. The van der Waals surface area contributed by atoms with Crippen molar-refractivity contribution in [1.82, 2.24) is 19.7 Å². The van der Waals surface area contributed by atoms with Gasteiger partial charge in [-0.1, -0.05) is 18.2 Å². The van der Waals surface area contributed by atoms with Gasteiger partial charge in [0.25, 0.3) is 0 Å². The van der Waals surface area contributed by atoms with Gasteiger partial charge in [-0.25, -0.2) is 4.98 Å². The fraction of sp³-hybridized carbons (Fsp3) is 0.136. The van der Waals surface area contributed by atoms with Crippen LogP contribution in [0.1, 0.15) is 5.56 Å². The van der Waals surface area contributed by atoms with Crippen LogP contribution in [0, 0.1) is 0 Å². The van der Waals surface area contributed by atoms with Gasteiger partial charge in [0.05, 0.1) is 18.3 Å². The largest absolute Gasteiger partial charge is 0.405 e. The summed E-state index contributed by atoms with van der Waals surface area (Å²) < 4.78 is 38.7. The third-order valence-electron chi connectivity index (χ3n) is 4.60. The molecule has 152 valence electrons. The molecule has 0 saturated heterocycles. The molecule has 3 heterocycles. The number of carbonyl (C=O) groups is 1. The Labute approximate surface area is 170 Å². The quantitative estimate of drug-likeness (QED) is 0.534. The number of aromatic nitrogens is 3. The molecule has 0 atom stereocenters. The van der Waals surface area contributed by atoms with E-state index in [1.807, 2.05) is 46.2 Å². The monoisotopic (exact) mass is 410 g/mol. The second-order valence-electron chi connectivity index (χ2n) is 6.79. The molecular formula is C22H17F3N4O. The van der Waals surface area contributed by atoms with Crippen molar-refractivity contribution in [3.8, 4) is 22.4 Å². The number of imidazole rings is 1. The zero-order valence-electron chi connectivity index (χ0n) is 15.7. The second kappa shape index (κ2) is 7.98. The Morgan fingerprint density at radius 2 is 1.80 bits per heavy atom. The summed E-state index contributed by atoms with van der Waals surface area (Å²) in [7, 11) is 0. The molecule has 4 rings (SSSR count). The lowest BCUT2D eigenvalue weighted by Crippen LogP contribution is -2.34. The smallest absolute Gasteiger partial charge is 0.347 e. The lowest BCUT2D eigenvalue weighted by Gasteiger charge is -2.09. The number of hydrogen-bond acceptors (Lipinski definition) is 3. The lowest BCUT2D eigenvalue weighted by molar-refractivity contribution is -0.138. The molecular weight excluding hydrogens is 393 g/mol. The fourth-order valence-corrected chi connectivity index (χ4v) is 3.21. The van der Waals surface area contributed by atoms with Gasteiger partial charge >= 0.3 is 6.18 Å². The Balaban J connectivity index is 1.57. The normalized spacial score (nSPS) is 11.6. The van der Waals surface area contributed by atoms with Gasteiger partial charge in [0.2, 0.25) is 5.91 Å². The Morgan fingerprint density at radius 3 is 2.57 bits per heavy atom. The topological polar surface area (TPSA) is 59.3 Å². The van der Waals surface area contributed by atoms with Crippen LogP contribution in [0.2, 0.25) is 0 Å². The van der Waals surface area contributed by atoms with Crippen LogP contribution in [0.3, 0.4) is 0 Å². The average Bonchev–Trinajstić information content (AvgIpc) is 3.16. The van der Waals surface area contributed by atoms with E-state index in [0.717, 1.165) is 28.0 Å². The zero-order valence-corrected chi connectivity index (χ0v) is 15.7. The molecule has 5 nitrogen and oxygen atoms in total. The molecule has 1 N–H and O–H groups in total. The predicted octanol–water partition coefficient (Wildman–Crippen LogP) is 4.28. The molecule has 30 heavy (non-hydrogen) atoms. The highest BCUT2D eigenvalue weighted by molar-refractivity contribution is 5.79. The van der Waals surface area contributed by atoms with E-state index in [9.17, 15) is 18.0 Å². The summed E-state index contributed by atoms with van der Waals surface area (Å²) in [6.45, 7) is -1.33. The van der Waals surface area contributed by atoms with Gasteiger partial charge in [-0.3, -0.25) is 14.2 Å². The van der Waals surface area contributed by atoms with Gasteiger partial charge in [-0.2, -0.15) is 13.2 Å².